The third-order valence-electron chi connectivity index (χ3n) is 2.32. The van der Waals surface area contributed by atoms with E-state index in [4.69, 9.17) is 4.74 Å². The van der Waals surface area contributed by atoms with Crippen LogP contribution in [-0.2, 0) is 4.79 Å². The minimum Gasteiger partial charge on any atom is -0.422 e. The van der Waals surface area contributed by atoms with Crippen LogP contribution in [0, 0.1) is 6.92 Å². The number of nitrogens with one attached hydrogen (secondary N) is 1. The van der Waals surface area contributed by atoms with Crippen LogP contribution in [0.4, 0.5) is 0 Å². The molecule has 0 atom stereocenters. The third kappa shape index (κ3) is 2.33. The number of aromatic amines is 1. The number of aromatic nitrogens is 3. The van der Waals surface area contributed by atoms with E-state index in [9.17, 15) is 4.79 Å². The molecule has 88 valence electrons. The fourth-order valence-corrected chi connectivity index (χ4v) is 1.42. The van der Waals surface area contributed by atoms with Gasteiger partial charge in [0.05, 0.1) is 5.69 Å². The molecule has 1 N–H and O–H groups in total. The van der Waals surface area contributed by atoms with Crippen LogP contribution in [0.25, 0.3) is 11.4 Å². The third-order valence-corrected chi connectivity index (χ3v) is 2.32. The van der Waals surface area contributed by atoms with E-state index in [1.807, 2.05) is 18.2 Å². The van der Waals surface area contributed by atoms with E-state index in [2.05, 4.69) is 15.2 Å². The Morgan fingerprint density at radius 3 is 2.94 bits per heavy atom. The number of ether oxygens (including phenoxy) is 1. The van der Waals surface area contributed by atoms with E-state index < -0.39 is 0 Å². The number of carbonyl (C=O) groups is 1. The lowest BCUT2D eigenvalue weighted by atomic mass is 10.2. The highest BCUT2D eigenvalue weighted by atomic mass is 16.5. The maximum atomic E-state index is 11.3. The van der Waals surface area contributed by atoms with Gasteiger partial charge in [-0.1, -0.05) is 13.0 Å². The minimum atomic E-state index is -0.285. The van der Waals surface area contributed by atoms with Crippen LogP contribution in [0.2, 0.25) is 0 Å². The molecule has 0 aliphatic carbocycles. The SMILES string of the molecule is CCC(=O)Oc1c(C)n[nH]c1-c1ccccn1. The van der Waals surface area contributed by atoms with Gasteiger partial charge in [-0.2, -0.15) is 5.10 Å². The van der Waals surface area contributed by atoms with Gasteiger partial charge in [0.2, 0.25) is 0 Å². The van der Waals surface area contributed by atoms with Gasteiger partial charge in [0.25, 0.3) is 0 Å². The average molecular weight is 231 g/mol. The van der Waals surface area contributed by atoms with Crippen molar-refractivity contribution in [3.8, 4) is 17.1 Å². The molecule has 5 heteroatoms. The van der Waals surface area contributed by atoms with Gasteiger partial charge in [-0.15, -0.1) is 0 Å². The van der Waals surface area contributed by atoms with Gasteiger partial charge >= 0.3 is 5.97 Å². The van der Waals surface area contributed by atoms with Crippen molar-refractivity contribution in [3.63, 3.8) is 0 Å². The van der Waals surface area contributed by atoms with Gasteiger partial charge in [0, 0.05) is 12.6 Å². The Morgan fingerprint density at radius 2 is 2.29 bits per heavy atom. The molecule has 2 aromatic heterocycles. The first kappa shape index (κ1) is 11.3. The summed E-state index contributed by atoms with van der Waals surface area (Å²) in [7, 11) is 0. The summed E-state index contributed by atoms with van der Waals surface area (Å²) in [5, 5.41) is 6.87. The van der Waals surface area contributed by atoms with Crippen molar-refractivity contribution >= 4 is 5.97 Å². The zero-order chi connectivity index (χ0) is 12.3. The van der Waals surface area contributed by atoms with Crippen molar-refractivity contribution in [1.82, 2.24) is 15.2 Å². The van der Waals surface area contributed by atoms with E-state index in [-0.39, 0.29) is 5.97 Å². The highest BCUT2D eigenvalue weighted by Gasteiger charge is 2.16. The quantitative estimate of drug-likeness (QED) is 0.821. The minimum absolute atomic E-state index is 0.285. The topological polar surface area (TPSA) is 67.9 Å². The maximum absolute atomic E-state index is 11.3. The summed E-state index contributed by atoms with van der Waals surface area (Å²) < 4.78 is 5.25. The number of esters is 1. The summed E-state index contributed by atoms with van der Waals surface area (Å²) in [6, 6.07) is 5.52. The van der Waals surface area contributed by atoms with Crippen molar-refractivity contribution in [1.29, 1.82) is 0 Å². The predicted octanol–water partition coefficient (Wildman–Crippen LogP) is 2.10. The van der Waals surface area contributed by atoms with E-state index in [1.165, 1.54) is 0 Å². The Bertz CT molecular complexity index is 520. The Kier molecular flexibility index (Phi) is 3.18. The number of rotatable bonds is 3. The number of nitrogens with zero attached hydrogens (tertiary/aromatic N) is 2. The first-order valence-corrected chi connectivity index (χ1v) is 5.39. The number of aryl methyl sites for hydroxylation is 1. The van der Waals surface area contributed by atoms with E-state index in [0.29, 0.717) is 29.3 Å². The van der Waals surface area contributed by atoms with Gasteiger partial charge in [-0.3, -0.25) is 14.9 Å². The molecule has 0 saturated carbocycles. The Labute approximate surface area is 98.8 Å². The van der Waals surface area contributed by atoms with E-state index in [1.54, 1.807) is 20.0 Å². The van der Waals surface area contributed by atoms with Crippen LogP contribution in [-0.4, -0.2) is 21.2 Å². The largest absolute Gasteiger partial charge is 0.422 e. The Hall–Kier alpha value is -2.17. The number of pyridine rings is 1. The molecule has 0 radical (unpaired) electrons. The summed E-state index contributed by atoms with van der Waals surface area (Å²) in [5.74, 6) is 0.169. The molecule has 0 bridgehead atoms. The summed E-state index contributed by atoms with van der Waals surface area (Å²) in [6.45, 7) is 3.53. The van der Waals surface area contributed by atoms with Gasteiger partial charge in [-0.05, 0) is 19.1 Å². The molecule has 2 rings (SSSR count). The fraction of sp³-hybridized carbons (Fsp3) is 0.250. The molecular formula is C12H13N3O2. The zero-order valence-corrected chi connectivity index (χ0v) is 9.73. The first-order valence-electron chi connectivity index (χ1n) is 5.39. The highest BCUT2D eigenvalue weighted by Crippen LogP contribution is 2.29. The lowest BCUT2D eigenvalue weighted by Gasteiger charge is -2.04. The van der Waals surface area contributed by atoms with Crippen molar-refractivity contribution in [2.45, 2.75) is 20.3 Å². The Morgan fingerprint density at radius 1 is 1.47 bits per heavy atom. The Balaban J connectivity index is 2.39. The van der Waals surface area contributed by atoms with Crippen molar-refractivity contribution in [2.24, 2.45) is 0 Å². The number of hydrogen-bond donors (Lipinski definition) is 1. The van der Waals surface area contributed by atoms with Crippen LogP contribution in [0.5, 0.6) is 5.75 Å². The normalized spacial score (nSPS) is 10.2. The molecule has 0 saturated heterocycles. The second-order valence-electron chi connectivity index (χ2n) is 3.56. The molecule has 17 heavy (non-hydrogen) atoms. The van der Waals surface area contributed by atoms with Crippen LogP contribution < -0.4 is 4.74 Å². The van der Waals surface area contributed by atoms with Gasteiger partial charge in [-0.25, -0.2) is 0 Å². The average Bonchev–Trinajstić information content (AvgIpc) is 2.72. The van der Waals surface area contributed by atoms with Gasteiger partial charge < -0.3 is 4.74 Å². The summed E-state index contributed by atoms with van der Waals surface area (Å²) in [6.07, 6.45) is 2.00. The molecule has 0 aromatic carbocycles. The van der Waals surface area contributed by atoms with Gasteiger partial charge in [0.15, 0.2) is 5.75 Å². The molecular weight excluding hydrogens is 218 g/mol. The second-order valence-corrected chi connectivity index (χ2v) is 3.56. The second kappa shape index (κ2) is 4.78. The van der Waals surface area contributed by atoms with Crippen LogP contribution in [0.1, 0.15) is 19.0 Å². The molecule has 0 unspecified atom stereocenters. The van der Waals surface area contributed by atoms with Crippen LogP contribution in [0.3, 0.4) is 0 Å². The standard InChI is InChI=1S/C12H13N3O2/c1-3-10(16)17-12-8(2)14-15-11(12)9-6-4-5-7-13-9/h4-7H,3H2,1-2H3,(H,14,15). The molecule has 0 spiro atoms. The molecule has 0 aliphatic rings. The lowest BCUT2D eigenvalue weighted by molar-refractivity contribution is -0.134. The van der Waals surface area contributed by atoms with Crippen LogP contribution in [0.15, 0.2) is 24.4 Å². The number of hydrogen-bond acceptors (Lipinski definition) is 4. The van der Waals surface area contributed by atoms with Crippen molar-refractivity contribution < 1.29 is 9.53 Å². The highest BCUT2D eigenvalue weighted by molar-refractivity contribution is 5.76. The summed E-state index contributed by atoms with van der Waals surface area (Å²) in [5.41, 5.74) is 1.98. The molecule has 2 aromatic rings. The van der Waals surface area contributed by atoms with E-state index in [0.717, 1.165) is 0 Å². The fourth-order valence-electron chi connectivity index (χ4n) is 1.42. The van der Waals surface area contributed by atoms with Crippen molar-refractivity contribution in [3.05, 3.63) is 30.1 Å². The molecule has 0 amide bonds. The molecule has 5 nitrogen and oxygen atoms in total. The zero-order valence-electron chi connectivity index (χ0n) is 9.73. The number of H-pyrrole nitrogens is 1. The molecule has 2 heterocycles. The predicted molar refractivity (Wildman–Crippen MR) is 62.5 cm³/mol. The van der Waals surface area contributed by atoms with Gasteiger partial charge in [0.1, 0.15) is 11.4 Å². The van der Waals surface area contributed by atoms with Crippen molar-refractivity contribution in [2.75, 3.05) is 0 Å². The smallest absolute Gasteiger partial charge is 0.311 e. The first-order chi connectivity index (χ1) is 8.22. The summed E-state index contributed by atoms with van der Waals surface area (Å²) >= 11 is 0. The van der Waals surface area contributed by atoms with Crippen LogP contribution >= 0.6 is 0 Å². The monoisotopic (exact) mass is 231 g/mol. The molecule has 0 fully saturated rings. The summed E-state index contributed by atoms with van der Waals surface area (Å²) in [4.78, 5) is 15.5. The number of carbonyl (C=O) groups excluding carboxylic acids is 1. The lowest BCUT2D eigenvalue weighted by Crippen LogP contribution is -2.06. The molecule has 0 aliphatic heterocycles. The maximum Gasteiger partial charge on any atom is 0.311 e. The van der Waals surface area contributed by atoms with E-state index >= 15 is 0 Å².